The molecule has 0 radical (unpaired) electrons. The summed E-state index contributed by atoms with van der Waals surface area (Å²) in [5, 5.41) is 7.59. The summed E-state index contributed by atoms with van der Waals surface area (Å²) >= 11 is 0. The van der Waals surface area contributed by atoms with Gasteiger partial charge in [-0.25, -0.2) is 9.97 Å². The molecule has 0 N–H and O–H groups in total. The maximum Gasteiger partial charge on any atom is 0.160 e. The second-order valence-corrected chi connectivity index (χ2v) is 13.0. The summed E-state index contributed by atoms with van der Waals surface area (Å²) in [4.78, 5) is 10.3. The third kappa shape index (κ3) is 3.87. The van der Waals surface area contributed by atoms with Gasteiger partial charge in [-0.15, -0.1) is 0 Å². The van der Waals surface area contributed by atoms with Crippen LogP contribution in [0.2, 0.25) is 0 Å². The van der Waals surface area contributed by atoms with Crippen LogP contribution in [0.15, 0.2) is 170 Å². The van der Waals surface area contributed by atoms with Gasteiger partial charge in [-0.3, -0.25) is 0 Å². The van der Waals surface area contributed by atoms with E-state index in [1.165, 1.54) is 59.9 Å². The summed E-state index contributed by atoms with van der Waals surface area (Å²) in [5.41, 5.74) is 12.1. The number of aromatic nitrogens is 4. The highest BCUT2D eigenvalue weighted by Gasteiger charge is 2.21. The van der Waals surface area contributed by atoms with Gasteiger partial charge in [0.1, 0.15) is 0 Å². The second kappa shape index (κ2) is 10.4. The summed E-state index contributed by atoms with van der Waals surface area (Å²) in [7, 11) is 0. The van der Waals surface area contributed by atoms with Crippen molar-refractivity contribution in [2.24, 2.45) is 0 Å². The molecule has 4 aromatic heterocycles. The molecule has 232 valence electrons. The van der Waals surface area contributed by atoms with Crippen LogP contribution in [0.4, 0.5) is 0 Å². The van der Waals surface area contributed by atoms with E-state index < -0.39 is 0 Å². The molecule has 0 atom stereocenters. The van der Waals surface area contributed by atoms with Crippen molar-refractivity contribution >= 4 is 59.9 Å². The zero-order valence-corrected chi connectivity index (χ0v) is 27.0. The van der Waals surface area contributed by atoms with Crippen molar-refractivity contribution in [3.63, 3.8) is 0 Å². The molecule has 0 bridgehead atoms. The van der Waals surface area contributed by atoms with Crippen LogP contribution < -0.4 is 0 Å². The first kappa shape index (κ1) is 27.2. The SMILES string of the molecule is c1ccc(-c2cc(-c3ccccc3)nc(-c3cccc(-n4c5ccccc5c5cc6c(cc54)c4cccc5c7ccccc7n6c54)c3)n2)cc1. The molecule has 0 aliphatic heterocycles. The average molecular weight is 637 g/mol. The molecule has 0 aliphatic rings. The zero-order valence-electron chi connectivity index (χ0n) is 27.0. The van der Waals surface area contributed by atoms with Gasteiger partial charge < -0.3 is 8.97 Å². The van der Waals surface area contributed by atoms with Crippen molar-refractivity contribution in [2.75, 3.05) is 0 Å². The topological polar surface area (TPSA) is 35.1 Å². The second-order valence-electron chi connectivity index (χ2n) is 13.0. The van der Waals surface area contributed by atoms with E-state index >= 15 is 0 Å². The molecule has 0 fully saturated rings. The van der Waals surface area contributed by atoms with E-state index in [0.717, 1.165) is 33.8 Å². The molecule has 0 aliphatic carbocycles. The highest BCUT2D eigenvalue weighted by atomic mass is 15.0. The van der Waals surface area contributed by atoms with Gasteiger partial charge in [0.2, 0.25) is 0 Å². The van der Waals surface area contributed by atoms with Gasteiger partial charge in [-0.2, -0.15) is 0 Å². The molecule has 50 heavy (non-hydrogen) atoms. The van der Waals surface area contributed by atoms with Crippen molar-refractivity contribution in [2.45, 2.75) is 0 Å². The highest BCUT2D eigenvalue weighted by Crippen LogP contribution is 2.42. The van der Waals surface area contributed by atoms with Gasteiger partial charge >= 0.3 is 0 Å². The molecule has 11 aromatic rings. The molecule has 4 heteroatoms. The number of hydrogen-bond donors (Lipinski definition) is 0. The number of fused-ring (bicyclic) bond motifs is 9. The van der Waals surface area contributed by atoms with Crippen LogP contribution in [0, 0.1) is 0 Å². The van der Waals surface area contributed by atoms with Gasteiger partial charge in [-0.05, 0) is 42.5 Å². The Kier molecular flexibility index (Phi) is 5.63. The lowest BCUT2D eigenvalue weighted by Crippen LogP contribution is -1.98. The normalized spacial score (nSPS) is 12.0. The predicted octanol–water partition coefficient (Wildman–Crippen LogP) is 11.7. The molecule has 0 saturated heterocycles. The summed E-state index contributed by atoms with van der Waals surface area (Å²) in [6.07, 6.45) is 0. The lowest BCUT2D eigenvalue weighted by Gasteiger charge is -2.12. The molecule has 0 spiro atoms. The summed E-state index contributed by atoms with van der Waals surface area (Å²) in [6, 6.07) is 60.5. The summed E-state index contributed by atoms with van der Waals surface area (Å²) in [5.74, 6) is 0.701. The van der Waals surface area contributed by atoms with Crippen molar-refractivity contribution in [3.8, 4) is 39.6 Å². The minimum Gasteiger partial charge on any atom is -0.309 e. The molecular weight excluding hydrogens is 609 g/mol. The molecule has 0 saturated carbocycles. The van der Waals surface area contributed by atoms with E-state index in [1.54, 1.807) is 0 Å². The van der Waals surface area contributed by atoms with Crippen LogP contribution in [0.1, 0.15) is 0 Å². The Balaban J connectivity index is 1.16. The van der Waals surface area contributed by atoms with Crippen LogP contribution in [0.25, 0.3) is 99.5 Å². The maximum atomic E-state index is 5.13. The van der Waals surface area contributed by atoms with Crippen LogP contribution >= 0.6 is 0 Å². The Hall–Kier alpha value is -6.78. The first-order valence-corrected chi connectivity index (χ1v) is 17.0. The Morgan fingerprint density at radius 1 is 0.340 bits per heavy atom. The van der Waals surface area contributed by atoms with Crippen molar-refractivity contribution in [3.05, 3.63) is 170 Å². The number of para-hydroxylation sites is 3. The molecule has 7 aromatic carbocycles. The van der Waals surface area contributed by atoms with Crippen LogP contribution in [-0.4, -0.2) is 18.9 Å². The smallest absolute Gasteiger partial charge is 0.160 e. The largest absolute Gasteiger partial charge is 0.309 e. The minimum atomic E-state index is 0.701. The first-order chi connectivity index (χ1) is 24.8. The Morgan fingerprint density at radius 2 is 0.860 bits per heavy atom. The predicted molar refractivity (Wildman–Crippen MR) is 207 cm³/mol. The number of benzene rings is 7. The maximum absolute atomic E-state index is 5.13. The van der Waals surface area contributed by atoms with Crippen molar-refractivity contribution < 1.29 is 0 Å². The first-order valence-electron chi connectivity index (χ1n) is 17.0. The summed E-state index contributed by atoms with van der Waals surface area (Å²) < 4.78 is 4.86. The van der Waals surface area contributed by atoms with E-state index in [2.05, 4.69) is 167 Å². The van der Waals surface area contributed by atoms with E-state index in [4.69, 9.17) is 9.97 Å². The fraction of sp³-hybridized carbons (Fsp3) is 0. The van der Waals surface area contributed by atoms with E-state index in [9.17, 15) is 0 Å². The monoisotopic (exact) mass is 636 g/mol. The Labute approximate surface area is 287 Å². The Bertz CT molecular complexity index is 3020. The van der Waals surface area contributed by atoms with E-state index in [0.29, 0.717) is 5.82 Å². The van der Waals surface area contributed by atoms with Gasteiger partial charge in [0.05, 0.1) is 39.0 Å². The number of hydrogen-bond acceptors (Lipinski definition) is 2. The van der Waals surface area contributed by atoms with Crippen molar-refractivity contribution in [1.29, 1.82) is 0 Å². The van der Waals surface area contributed by atoms with Gasteiger partial charge in [-0.1, -0.05) is 127 Å². The average Bonchev–Trinajstić information content (AvgIpc) is 3.82. The molecule has 4 nitrogen and oxygen atoms in total. The molecular formula is C46H28N4. The lowest BCUT2D eigenvalue weighted by atomic mass is 10.1. The van der Waals surface area contributed by atoms with Gasteiger partial charge in [0.15, 0.2) is 5.82 Å². The van der Waals surface area contributed by atoms with Gasteiger partial charge in [0.25, 0.3) is 0 Å². The van der Waals surface area contributed by atoms with Gasteiger partial charge in [0, 0.05) is 54.7 Å². The minimum absolute atomic E-state index is 0.701. The van der Waals surface area contributed by atoms with E-state index in [-0.39, 0.29) is 0 Å². The third-order valence-electron chi connectivity index (χ3n) is 10.2. The van der Waals surface area contributed by atoms with Crippen LogP contribution in [-0.2, 0) is 0 Å². The number of nitrogens with zero attached hydrogens (tertiary/aromatic N) is 4. The molecule has 11 rings (SSSR count). The summed E-state index contributed by atoms with van der Waals surface area (Å²) in [6.45, 7) is 0. The Morgan fingerprint density at radius 3 is 1.58 bits per heavy atom. The zero-order chi connectivity index (χ0) is 32.8. The van der Waals surface area contributed by atoms with Crippen LogP contribution in [0.3, 0.4) is 0 Å². The lowest BCUT2D eigenvalue weighted by molar-refractivity contribution is 1.16. The highest BCUT2D eigenvalue weighted by molar-refractivity contribution is 6.26. The molecule has 0 unspecified atom stereocenters. The fourth-order valence-electron chi connectivity index (χ4n) is 8.04. The van der Waals surface area contributed by atoms with Crippen molar-refractivity contribution in [1.82, 2.24) is 18.9 Å². The fourth-order valence-corrected chi connectivity index (χ4v) is 8.04. The quantitative estimate of drug-likeness (QED) is 0.193. The molecule has 0 amide bonds. The standard InChI is InChI=1S/C46H28N4/c1-3-13-29(14-4-1)39-28-40(30-15-5-2-6-16-30)48-46(47-39)31-17-11-18-32(25-31)49-41-23-9-8-20-34(41)37-26-44-38(27-43(37)49)36-22-12-21-35-33-19-7-10-24-42(33)50(44)45(35)36/h1-28H. The molecule has 4 heterocycles. The third-order valence-corrected chi connectivity index (χ3v) is 10.2. The number of rotatable bonds is 4. The van der Waals surface area contributed by atoms with E-state index in [1.807, 2.05) is 12.1 Å². The van der Waals surface area contributed by atoms with Crippen LogP contribution in [0.5, 0.6) is 0 Å².